The second kappa shape index (κ2) is 3.63. The SMILES string of the molecule is CC(C)(C)c1cn2cnc(C(F)(F)Cl)cc2n1. The lowest BCUT2D eigenvalue weighted by Gasteiger charge is -2.13. The normalized spacial score (nSPS) is 13.3. The van der Waals surface area contributed by atoms with Gasteiger partial charge < -0.3 is 0 Å². The number of aromatic nitrogens is 3. The summed E-state index contributed by atoms with van der Waals surface area (Å²) < 4.78 is 27.4. The standard InChI is InChI=1S/C11H12ClF2N3/c1-10(2,3)8-5-17-6-15-7(11(12,13)14)4-9(17)16-8/h4-6H,1-3H3. The second-order valence-electron chi connectivity index (χ2n) is 4.91. The predicted octanol–water partition coefficient (Wildman–Crippen LogP) is 3.31. The van der Waals surface area contributed by atoms with Gasteiger partial charge in [0.1, 0.15) is 17.7 Å². The van der Waals surface area contributed by atoms with Gasteiger partial charge >= 0.3 is 5.38 Å². The van der Waals surface area contributed by atoms with Crippen molar-refractivity contribution in [1.82, 2.24) is 14.4 Å². The molecule has 0 aliphatic heterocycles. The van der Waals surface area contributed by atoms with Crippen molar-refractivity contribution < 1.29 is 8.78 Å². The molecule has 3 nitrogen and oxygen atoms in total. The Hall–Kier alpha value is -1.23. The van der Waals surface area contributed by atoms with Gasteiger partial charge in [-0.05, 0) is 11.6 Å². The summed E-state index contributed by atoms with van der Waals surface area (Å²) in [6, 6.07) is 1.20. The van der Waals surface area contributed by atoms with Crippen LogP contribution in [0.1, 0.15) is 32.2 Å². The van der Waals surface area contributed by atoms with Crippen molar-refractivity contribution in [3.63, 3.8) is 0 Å². The Morgan fingerprint density at radius 3 is 2.41 bits per heavy atom. The van der Waals surface area contributed by atoms with Crippen LogP contribution in [0, 0.1) is 0 Å². The van der Waals surface area contributed by atoms with Crippen LogP contribution < -0.4 is 0 Å². The van der Waals surface area contributed by atoms with Crippen LogP contribution in [0.25, 0.3) is 5.65 Å². The molecule has 17 heavy (non-hydrogen) atoms. The number of imidazole rings is 1. The highest BCUT2D eigenvalue weighted by Gasteiger charge is 2.30. The van der Waals surface area contributed by atoms with Crippen LogP contribution in [0.15, 0.2) is 18.6 Å². The van der Waals surface area contributed by atoms with Gasteiger partial charge in [-0.1, -0.05) is 20.8 Å². The van der Waals surface area contributed by atoms with Crippen molar-refractivity contribution in [3.05, 3.63) is 30.0 Å². The fourth-order valence-electron chi connectivity index (χ4n) is 1.41. The van der Waals surface area contributed by atoms with Crippen LogP contribution in [0.5, 0.6) is 0 Å². The van der Waals surface area contributed by atoms with E-state index < -0.39 is 11.1 Å². The molecule has 0 bridgehead atoms. The van der Waals surface area contributed by atoms with Crippen molar-refractivity contribution in [2.45, 2.75) is 31.6 Å². The Bertz CT molecular complexity index is 540. The third-order valence-corrected chi connectivity index (χ3v) is 2.60. The molecule has 0 amide bonds. The number of fused-ring (bicyclic) bond motifs is 1. The van der Waals surface area contributed by atoms with Gasteiger partial charge in [-0.25, -0.2) is 9.97 Å². The molecule has 2 rings (SSSR count). The predicted molar refractivity (Wildman–Crippen MR) is 61.4 cm³/mol. The maximum Gasteiger partial charge on any atom is 0.364 e. The lowest BCUT2D eigenvalue weighted by Crippen LogP contribution is -2.11. The molecule has 0 N–H and O–H groups in total. The maximum absolute atomic E-state index is 12.9. The summed E-state index contributed by atoms with van der Waals surface area (Å²) in [6.45, 7) is 6.00. The first kappa shape index (κ1) is 12.2. The topological polar surface area (TPSA) is 30.2 Å². The smallest absolute Gasteiger partial charge is 0.290 e. The van der Waals surface area contributed by atoms with E-state index in [1.807, 2.05) is 20.8 Å². The summed E-state index contributed by atoms with van der Waals surface area (Å²) in [5.41, 5.74) is 0.600. The highest BCUT2D eigenvalue weighted by Crippen LogP contribution is 2.31. The van der Waals surface area contributed by atoms with Crippen LogP contribution >= 0.6 is 11.6 Å². The third-order valence-electron chi connectivity index (χ3n) is 2.41. The van der Waals surface area contributed by atoms with Gasteiger partial charge in [-0.2, -0.15) is 8.78 Å². The van der Waals surface area contributed by atoms with E-state index in [1.165, 1.54) is 12.4 Å². The van der Waals surface area contributed by atoms with Crippen molar-refractivity contribution in [2.24, 2.45) is 0 Å². The lowest BCUT2D eigenvalue weighted by atomic mass is 9.93. The average Bonchev–Trinajstić information content (AvgIpc) is 2.57. The summed E-state index contributed by atoms with van der Waals surface area (Å²) in [5.74, 6) is 0. The molecule has 0 radical (unpaired) electrons. The number of nitrogens with zero attached hydrogens (tertiary/aromatic N) is 3. The molecule has 0 atom stereocenters. The monoisotopic (exact) mass is 259 g/mol. The van der Waals surface area contributed by atoms with E-state index in [0.717, 1.165) is 5.69 Å². The summed E-state index contributed by atoms with van der Waals surface area (Å²) in [7, 11) is 0. The van der Waals surface area contributed by atoms with Crippen molar-refractivity contribution in [1.29, 1.82) is 0 Å². The Labute approximate surface area is 102 Å². The summed E-state index contributed by atoms with van der Waals surface area (Å²) in [5, 5.41) is -3.46. The lowest BCUT2D eigenvalue weighted by molar-refractivity contribution is 0.0899. The molecule has 2 aromatic heterocycles. The Morgan fingerprint density at radius 1 is 1.24 bits per heavy atom. The molecule has 0 saturated heterocycles. The maximum atomic E-state index is 12.9. The quantitative estimate of drug-likeness (QED) is 0.736. The van der Waals surface area contributed by atoms with Gasteiger partial charge in [0.15, 0.2) is 0 Å². The summed E-state index contributed by atoms with van der Waals surface area (Å²) >= 11 is 4.92. The van der Waals surface area contributed by atoms with Gasteiger partial charge in [0, 0.05) is 17.7 Å². The average molecular weight is 260 g/mol. The fraction of sp³-hybridized carbons (Fsp3) is 0.455. The van der Waals surface area contributed by atoms with Crippen LogP contribution in [0.4, 0.5) is 8.78 Å². The van der Waals surface area contributed by atoms with E-state index in [1.54, 1.807) is 10.6 Å². The van der Waals surface area contributed by atoms with Crippen molar-refractivity contribution in [2.75, 3.05) is 0 Å². The highest BCUT2D eigenvalue weighted by atomic mass is 35.5. The van der Waals surface area contributed by atoms with E-state index >= 15 is 0 Å². The first-order valence-electron chi connectivity index (χ1n) is 5.10. The molecule has 2 aromatic rings. The number of halogens is 3. The van der Waals surface area contributed by atoms with Crippen molar-refractivity contribution >= 4 is 17.2 Å². The van der Waals surface area contributed by atoms with Gasteiger partial charge in [0.2, 0.25) is 0 Å². The van der Waals surface area contributed by atoms with E-state index in [9.17, 15) is 8.78 Å². The minimum atomic E-state index is -3.46. The molecule has 0 fully saturated rings. The molecule has 0 spiro atoms. The molecule has 2 heterocycles. The van der Waals surface area contributed by atoms with Crippen LogP contribution in [-0.2, 0) is 10.8 Å². The molecule has 0 aromatic carbocycles. The van der Waals surface area contributed by atoms with Gasteiger partial charge in [0.05, 0.1) is 5.69 Å². The largest absolute Gasteiger partial charge is 0.364 e. The first-order chi connectivity index (χ1) is 7.68. The zero-order valence-corrected chi connectivity index (χ0v) is 10.5. The number of rotatable bonds is 1. The molecule has 6 heteroatoms. The molecule has 92 valence electrons. The summed E-state index contributed by atoms with van der Waals surface area (Å²) in [6.07, 6.45) is 3.07. The minimum absolute atomic E-state index is 0.143. The van der Waals surface area contributed by atoms with Gasteiger partial charge in [0.25, 0.3) is 0 Å². The highest BCUT2D eigenvalue weighted by molar-refractivity contribution is 6.21. The molecule has 0 aliphatic carbocycles. The van der Waals surface area contributed by atoms with E-state index in [2.05, 4.69) is 9.97 Å². The molecule has 0 aliphatic rings. The Morgan fingerprint density at radius 2 is 1.88 bits per heavy atom. The van der Waals surface area contributed by atoms with Gasteiger partial charge in [-0.3, -0.25) is 4.40 Å². The number of hydrogen-bond acceptors (Lipinski definition) is 2. The van der Waals surface area contributed by atoms with Crippen molar-refractivity contribution in [3.8, 4) is 0 Å². The minimum Gasteiger partial charge on any atom is -0.290 e. The van der Waals surface area contributed by atoms with E-state index in [4.69, 9.17) is 11.6 Å². The first-order valence-corrected chi connectivity index (χ1v) is 5.48. The van der Waals surface area contributed by atoms with E-state index in [-0.39, 0.29) is 5.41 Å². The molecular weight excluding hydrogens is 248 g/mol. The van der Waals surface area contributed by atoms with E-state index in [0.29, 0.717) is 5.65 Å². The Balaban J connectivity index is 2.56. The fourth-order valence-corrected chi connectivity index (χ4v) is 1.51. The number of hydrogen-bond donors (Lipinski definition) is 0. The molecule has 0 saturated carbocycles. The van der Waals surface area contributed by atoms with Crippen LogP contribution in [-0.4, -0.2) is 14.4 Å². The second-order valence-corrected chi connectivity index (χ2v) is 5.39. The zero-order chi connectivity index (χ0) is 12.8. The number of alkyl halides is 3. The van der Waals surface area contributed by atoms with Gasteiger partial charge in [-0.15, -0.1) is 0 Å². The zero-order valence-electron chi connectivity index (χ0n) is 9.71. The third kappa shape index (κ3) is 2.39. The Kier molecular flexibility index (Phi) is 2.61. The molecule has 0 unspecified atom stereocenters. The van der Waals surface area contributed by atoms with Crippen LogP contribution in [0.2, 0.25) is 0 Å². The van der Waals surface area contributed by atoms with Crippen LogP contribution in [0.3, 0.4) is 0 Å². The molecular formula is C11H12ClF2N3. The summed E-state index contributed by atoms with van der Waals surface area (Å²) in [4.78, 5) is 7.90.